The largest absolute Gasteiger partial charge is 0.553 e. The lowest BCUT2D eigenvalue weighted by Crippen LogP contribution is -2.48. The lowest BCUT2D eigenvalue weighted by Gasteiger charge is -2.37. The van der Waals surface area contributed by atoms with Crippen LogP contribution in [0.2, 0.25) is 0 Å². The fourth-order valence-electron chi connectivity index (χ4n) is 2.04. The maximum atomic E-state index is 9.03. The SMILES string of the molecule is CCC[N+]1(C)CCCCC1.COC(=O)[O-]. The van der Waals surface area contributed by atoms with Gasteiger partial charge < -0.3 is 19.1 Å². The van der Waals surface area contributed by atoms with E-state index in [1.54, 1.807) is 0 Å². The van der Waals surface area contributed by atoms with Gasteiger partial charge in [0.2, 0.25) is 0 Å². The molecule has 0 atom stereocenters. The van der Waals surface area contributed by atoms with E-state index in [9.17, 15) is 0 Å². The van der Waals surface area contributed by atoms with Crippen molar-refractivity contribution in [2.24, 2.45) is 0 Å². The van der Waals surface area contributed by atoms with E-state index in [1.807, 2.05) is 0 Å². The molecule has 0 aromatic heterocycles. The normalized spacial score (nSPS) is 18.6. The highest BCUT2D eigenvalue weighted by molar-refractivity contribution is 5.53. The summed E-state index contributed by atoms with van der Waals surface area (Å²) in [4.78, 5) is 9.03. The highest BCUT2D eigenvalue weighted by Gasteiger charge is 2.22. The Labute approximate surface area is 92.4 Å². The Morgan fingerprint density at radius 3 is 2.13 bits per heavy atom. The molecule has 0 amide bonds. The second-order valence-electron chi connectivity index (χ2n) is 4.31. The number of methoxy groups -OCH3 is 1. The van der Waals surface area contributed by atoms with Gasteiger partial charge in [0, 0.05) is 7.11 Å². The Morgan fingerprint density at radius 2 is 1.80 bits per heavy atom. The van der Waals surface area contributed by atoms with Crippen molar-refractivity contribution < 1.29 is 19.1 Å². The van der Waals surface area contributed by atoms with E-state index in [0.717, 1.165) is 7.11 Å². The lowest BCUT2D eigenvalue weighted by molar-refractivity contribution is -0.914. The monoisotopic (exact) mass is 217 g/mol. The molecular weight excluding hydrogens is 194 g/mol. The van der Waals surface area contributed by atoms with Gasteiger partial charge in [-0.25, -0.2) is 0 Å². The van der Waals surface area contributed by atoms with E-state index in [-0.39, 0.29) is 0 Å². The zero-order chi connectivity index (χ0) is 11.7. The first-order valence-electron chi connectivity index (χ1n) is 5.62. The zero-order valence-electron chi connectivity index (χ0n) is 10.1. The Balaban J connectivity index is 0.000000336. The van der Waals surface area contributed by atoms with E-state index >= 15 is 0 Å². The minimum absolute atomic E-state index is 1.04. The van der Waals surface area contributed by atoms with Crippen LogP contribution in [0.4, 0.5) is 4.79 Å². The number of carbonyl (C=O) groups excluding carboxylic acids is 1. The highest BCUT2D eigenvalue weighted by atomic mass is 16.6. The summed E-state index contributed by atoms with van der Waals surface area (Å²) in [6, 6.07) is 0. The molecule has 0 radical (unpaired) electrons. The van der Waals surface area contributed by atoms with Crippen LogP contribution in [0.5, 0.6) is 0 Å². The number of carboxylic acid groups (broad SMARTS) is 1. The first kappa shape index (κ1) is 14.2. The molecule has 15 heavy (non-hydrogen) atoms. The smallest absolute Gasteiger partial charge is 0.251 e. The summed E-state index contributed by atoms with van der Waals surface area (Å²) in [7, 11) is 3.44. The Hall–Kier alpha value is -0.770. The molecule has 0 aromatic rings. The molecule has 1 fully saturated rings. The van der Waals surface area contributed by atoms with Crippen LogP contribution in [-0.2, 0) is 4.74 Å². The fourth-order valence-corrected chi connectivity index (χ4v) is 2.04. The summed E-state index contributed by atoms with van der Waals surface area (Å²) >= 11 is 0. The number of quaternary nitrogens is 1. The number of hydrogen-bond donors (Lipinski definition) is 0. The van der Waals surface area contributed by atoms with Crippen LogP contribution < -0.4 is 5.11 Å². The summed E-state index contributed by atoms with van der Waals surface area (Å²) in [5.41, 5.74) is 0. The molecule has 1 aliphatic heterocycles. The van der Waals surface area contributed by atoms with Gasteiger partial charge in [0.1, 0.15) is 0 Å². The molecule has 0 spiro atoms. The summed E-state index contributed by atoms with van der Waals surface area (Å²) in [5, 5.41) is 9.03. The van der Waals surface area contributed by atoms with Crippen LogP contribution in [0.3, 0.4) is 0 Å². The molecule has 90 valence electrons. The third kappa shape index (κ3) is 7.19. The number of likely N-dealkylation sites (tertiary alicyclic amines) is 1. The van der Waals surface area contributed by atoms with Crippen molar-refractivity contribution in [3.8, 4) is 0 Å². The maximum absolute atomic E-state index is 9.03. The van der Waals surface area contributed by atoms with E-state index in [4.69, 9.17) is 9.90 Å². The van der Waals surface area contributed by atoms with Gasteiger partial charge in [-0.3, -0.25) is 0 Å². The molecule has 0 bridgehead atoms. The number of nitrogens with zero attached hydrogens (tertiary/aromatic N) is 1. The van der Waals surface area contributed by atoms with Gasteiger partial charge in [-0.15, -0.1) is 0 Å². The second kappa shape index (κ2) is 7.51. The molecule has 0 aliphatic carbocycles. The zero-order valence-corrected chi connectivity index (χ0v) is 10.1. The van der Waals surface area contributed by atoms with E-state index in [1.165, 1.54) is 49.8 Å². The Kier molecular flexibility index (Phi) is 7.13. The predicted molar refractivity (Wildman–Crippen MR) is 57.3 cm³/mol. The quantitative estimate of drug-likeness (QED) is 0.512. The maximum Gasteiger partial charge on any atom is 0.251 e. The molecule has 1 aliphatic rings. The van der Waals surface area contributed by atoms with Crippen molar-refractivity contribution in [3.63, 3.8) is 0 Å². The van der Waals surface area contributed by atoms with Crippen LogP contribution in [0.15, 0.2) is 0 Å². The van der Waals surface area contributed by atoms with Gasteiger partial charge in [0.05, 0.1) is 26.7 Å². The number of rotatable bonds is 2. The summed E-state index contributed by atoms with van der Waals surface area (Å²) < 4.78 is 4.90. The Bertz CT molecular complexity index is 171. The van der Waals surface area contributed by atoms with Crippen molar-refractivity contribution in [1.82, 2.24) is 0 Å². The van der Waals surface area contributed by atoms with Gasteiger partial charge >= 0.3 is 0 Å². The first-order chi connectivity index (χ1) is 7.04. The van der Waals surface area contributed by atoms with E-state index in [2.05, 4.69) is 18.7 Å². The van der Waals surface area contributed by atoms with Gasteiger partial charge in [0.15, 0.2) is 0 Å². The van der Waals surface area contributed by atoms with Crippen molar-refractivity contribution in [2.45, 2.75) is 32.6 Å². The third-order valence-electron chi connectivity index (χ3n) is 2.83. The van der Waals surface area contributed by atoms with Crippen LogP contribution in [0, 0.1) is 0 Å². The minimum atomic E-state index is -1.50. The molecule has 0 N–H and O–H groups in total. The molecule has 0 aromatic carbocycles. The standard InChI is InChI=1S/C9H20N.C2H4O3/c1-3-7-10(2)8-5-4-6-9-10;1-5-2(3)4/h3-9H2,1-2H3;1H3,(H,3,4)/q+1;/p-1. The van der Waals surface area contributed by atoms with Gasteiger partial charge in [-0.05, 0) is 25.7 Å². The van der Waals surface area contributed by atoms with Gasteiger partial charge in [0.25, 0.3) is 6.16 Å². The van der Waals surface area contributed by atoms with Crippen LogP contribution >= 0.6 is 0 Å². The van der Waals surface area contributed by atoms with Crippen LogP contribution in [0.25, 0.3) is 0 Å². The molecule has 1 saturated heterocycles. The molecule has 1 rings (SSSR count). The molecule has 4 heteroatoms. The molecule has 4 nitrogen and oxygen atoms in total. The minimum Gasteiger partial charge on any atom is -0.553 e. The van der Waals surface area contributed by atoms with Crippen molar-refractivity contribution >= 4 is 6.16 Å². The van der Waals surface area contributed by atoms with Crippen molar-refractivity contribution in [1.29, 1.82) is 0 Å². The number of ether oxygens (including phenoxy) is 1. The van der Waals surface area contributed by atoms with Crippen molar-refractivity contribution in [2.75, 3.05) is 33.8 Å². The third-order valence-corrected chi connectivity index (χ3v) is 2.83. The van der Waals surface area contributed by atoms with Crippen LogP contribution in [0.1, 0.15) is 32.6 Å². The van der Waals surface area contributed by atoms with E-state index in [0.29, 0.717) is 0 Å². The molecule has 0 unspecified atom stereocenters. The molecule has 0 saturated carbocycles. The molecular formula is C11H23NO3. The van der Waals surface area contributed by atoms with E-state index < -0.39 is 6.16 Å². The summed E-state index contributed by atoms with van der Waals surface area (Å²) in [6.07, 6.45) is 4.23. The predicted octanol–water partition coefficient (Wildman–Crippen LogP) is 1.00. The highest BCUT2D eigenvalue weighted by Crippen LogP contribution is 2.15. The second-order valence-corrected chi connectivity index (χ2v) is 4.31. The van der Waals surface area contributed by atoms with Crippen LogP contribution in [-0.4, -0.2) is 44.4 Å². The number of carbonyl (C=O) groups is 1. The first-order valence-corrected chi connectivity index (χ1v) is 5.62. The Morgan fingerprint density at radius 1 is 1.33 bits per heavy atom. The van der Waals surface area contributed by atoms with Gasteiger partial charge in [-0.1, -0.05) is 6.92 Å². The summed E-state index contributed by atoms with van der Waals surface area (Å²) in [6.45, 7) is 6.53. The average molecular weight is 217 g/mol. The molecule has 1 heterocycles. The summed E-state index contributed by atoms with van der Waals surface area (Å²) in [5.74, 6) is 0. The number of hydrogen-bond acceptors (Lipinski definition) is 3. The fraction of sp³-hybridized carbons (Fsp3) is 0.909. The topological polar surface area (TPSA) is 49.4 Å². The van der Waals surface area contributed by atoms with Gasteiger partial charge in [-0.2, -0.15) is 0 Å². The lowest BCUT2D eigenvalue weighted by atomic mass is 10.1. The van der Waals surface area contributed by atoms with Crippen molar-refractivity contribution in [3.05, 3.63) is 0 Å². The number of piperidine rings is 1. The average Bonchev–Trinajstić information content (AvgIpc) is 2.19.